The van der Waals surface area contributed by atoms with Crippen LogP contribution >= 0.6 is 0 Å². The number of hydrogen-bond donors (Lipinski definition) is 6. The fourth-order valence-electron chi connectivity index (χ4n) is 3.06. The summed E-state index contributed by atoms with van der Waals surface area (Å²) in [5.41, 5.74) is 2.69. The maximum atomic E-state index is 13.8. The molecule has 1 fully saturated rings. The highest BCUT2D eigenvalue weighted by Gasteiger charge is 2.53. The zero-order chi connectivity index (χ0) is 24.4. The molecule has 1 aromatic carbocycles. The number of hydrazine groups is 1. The van der Waals surface area contributed by atoms with Gasteiger partial charge in [0.1, 0.15) is 11.4 Å². The van der Waals surface area contributed by atoms with Crippen molar-refractivity contribution >= 4 is 34.6 Å². The largest absolute Gasteiger partial charge is 0.504 e. The van der Waals surface area contributed by atoms with Gasteiger partial charge in [0, 0.05) is 12.5 Å². The number of phenols is 2. The molecular weight excluding hydrogens is 457 g/mol. The number of carbonyl (C=O) groups excluding carboxylic acids is 3. The summed E-state index contributed by atoms with van der Waals surface area (Å²) >= 11 is 0. The minimum Gasteiger partial charge on any atom is -0.504 e. The smallest absolute Gasteiger partial charge is 0.426 e. The van der Waals surface area contributed by atoms with Gasteiger partial charge in [0.05, 0.1) is 5.56 Å². The van der Waals surface area contributed by atoms with E-state index < -0.39 is 80.9 Å². The van der Waals surface area contributed by atoms with Gasteiger partial charge in [-0.25, -0.2) is 27.8 Å². The number of aliphatic carboxylic acids is 1. The Morgan fingerprint density at radius 2 is 1.94 bits per heavy atom. The predicted octanol–water partition coefficient (Wildman–Crippen LogP) is -0.948. The van der Waals surface area contributed by atoms with Crippen LogP contribution in [0, 0.1) is 5.82 Å². The van der Waals surface area contributed by atoms with Gasteiger partial charge in [-0.3, -0.25) is 15.0 Å². The lowest BCUT2D eigenvalue weighted by atomic mass is 9.92. The van der Waals surface area contributed by atoms with Gasteiger partial charge < -0.3 is 25.0 Å². The standard InChI is InChI=1S/C17H20FN3O10S/c1-7-5-10(23)21(7)13(15(26)27)17(2,32(29)30)6-31-16(28)20-19-14(25)8-3-4-9(22)12(24)11(8)18/h3-4,7,13,22,24,32H,5-6H2,1-2H3,(H,19,25)(H,20,28)(H,26,27)/t7-,13+,17+/m1/s1. The number of hydrogen-bond acceptors (Lipinski definition) is 9. The van der Waals surface area contributed by atoms with Gasteiger partial charge in [-0.15, -0.1) is 0 Å². The van der Waals surface area contributed by atoms with Gasteiger partial charge in [-0.05, 0) is 26.0 Å². The van der Waals surface area contributed by atoms with E-state index >= 15 is 0 Å². The summed E-state index contributed by atoms with van der Waals surface area (Å²) < 4.78 is 40.0. The normalized spacial score (nSPS) is 18.3. The molecule has 0 bridgehead atoms. The molecule has 2 rings (SSSR count). The van der Waals surface area contributed by atoms with E-state index in [1.807, 2.05) is 0 Å². The monoisotopic (exact) mass is 477 g/mol. The Kier molecular flexibility index (Phi) is 7.13. The molecule has 1 aromatic rings. The maximum absolute atomic E-state index is 13.8. The number of halogens is 1. The molecule has 0 radical (unpaired) electrons. The number of carboxylic acid groups (broad SMARTS) is 1. The molecule has 1 saturated heterocycles. The van der Waals surface area contributed by atoms with Crippen molar-refractivity contribution < 1.29 is 52.0 Å². The summed E-state index contributed by atoms with van der Waals surface area (Å²) in [6, 6.07) is -0.737. The molecular formula is C17H20FN3O10S. The first-order valence-corrected chi connectivity index (χ1v) is 10.1. The number of rotatable bonds is 7. The third-order valence-electron chi connectivity index (χ3n) is 4.86. The summed E-state index contributed by atoms with van der Waals surface area (Å²) in [4.78, 5) is 48.2. The Labute approximate surface area is 181 Å². The number of benzene rings is 1. The number of aromatic hydroxyl groups is 2. The summed E-state index contributed by atoms with van der Waals surface area (Å²) in [5, 5.41) is 28.0. The van der Waals surface area contributed by atoms with Crippen molar-refractivity contribution in [1.29, 1.82) is 0 Å². The van der Waals surface area contributed by atoms with E-state index in [9.17, 15) is 42.2 Å². The molecule has 3 amide bonds. The second kappa shape index (κ2) is 9.25. The lowest BCUT2D eigenvalue weighted by Gasteiger charge is -2.46. The molecule has 0 aromatic heterocycles. The maximum Gasteiger partial charge on any atom is 0.426 e. The van der Waals surface area contributed by atoms with Crippen molar-refractivity contribution in [1.82, 2.24) is 15.8 Å². The summed E-state index contributed by atoms with van der Waals surface area (Å²) in [6.45, 7) is 1.52. The molecule has 0 spiro atoms. The van der Waals surface area contributed by atoms with E-state index in [0.29, 0.717) is 0 Å². The van der Waals surface area contributed by atoms with Crippen LogP contribution in [0.1, 0.15) is 30.6 Å². The molecule has 32 heavy (non-hydrogen) atoms. The Morgan fingerprint density at radius 3 is 2.44 bits per heavy atom. The Balaban J connectivity index is 2.07. The highest BCUT2D eigenvalue weighted by Crippen LogP contribution is 2.31. The van der Waals surface area contributed by atoms with Crippen LogP contribution in [0.2, 0.25) is 0 Å². The topological polar surface area (TPSA) is 200 Å². The van der Waals surface area contributed by atoms with Crippen molar-refractivity contribution in [2.45, 2.75) is 37.1 Å². The predicted molar refractivity (Wildman–Crippen MR) is 103 cm³/mol. The van der Waals surface area contributed by atoms with Crippen LogP contribution in [0.25, 0.3) is 0 Å². The zero-order valence-corrected chi connectivity index (χ0v) is 17.6. The average Bonchev–Trinajstić information content (AvgIpc) is 2.72. The summed E-state index contributed by atoms with van der Waals surface area (Å²) in [6.07, 6.45) is -1.39. The molecule has 13 nitrogen and oxygen atoms in total. The lowest BCUT2D eigenvalue weighted by molar-refractivity contribution is -0.163. The van der Waals surface area contributed by atoms with E-state index in [1.165, 1.54) is 6.92 Å². The second-order valence-electron chi connectivity index (χ2n) is 7.16. The number of nitrogens with one attached hydrogen (secondary N) is 2. The van der Waals surface area contributed by atoms with Crippen LogP contribution in [0.4, 0.5) is 9.18 Å². The van der Waals surface area contributed by atoms with Crippen molar-refractivity contribution in [3.8, 4) is 11.5 Å². The zero-order valence-electron chi connectivity index (χ0n) is 16.7. The number of likely N-dealkylation sites (tertiary alicyclic amines) is 1. The number of carbonyl (C=O) groups is 4. The van der Waals surface area contributed by atoms with E-state index in [1.54, 1.807) is 10.9 Å². The summed E-state index contributed by atoms with van der Waals surface area (Å²) in [5.74, 6) is -6.93. The van der Waals surface area contributed by atoms with Gasteiger partial charge in [-0.2, -0.15) is 0 Å². The van der Waals surface area contributed by atoms with E-state index in [2.05, 4.69) is 0 Å². The first-order valence-electron chi connectivity index (χ1n) is 8.93. The van der Waals surface area contributed by atoms with Crippen molar-refractivity contribution in [3.63, 3.8) is 0 Å². The van der Waals surface area contributed by atoms with Crippen LogP contribution in [0.3, 0.4) is 0 Å². The third-order valence-corrected chi connectivity index (χ3v) is 6.07. The van der Waals surface area contributed by atoms with Crippen molar-refractivity contribution in [2.75, 3.05) is 6.61 Å². The average molecular weight is 477 g/mol. The number of amides is 3. The highest BCUT2D eigenvalue weighted by atomic mass is 32.2. The summed E-state index contributed by atoms with van der Waals surface area (Å²) in [7, 11) is -3.53. The number of carboxylic acids is 1. The van der Waals surface area contributed by atoms with Crippen molar-refractivity contribution in [2.24, 2.45) is 0 Å². The fraction of sp³-hybridized carbons (Fsp3) is 0.412. The van der Waals surface area contributed by atoms with Crippen LogP contribution in [-0.2, 0) is 25.0 Å². The van der Waals surface area contributed by atoms with E-state index in [-0.39, 0.29) is 6.42 Å². The quantitative estimate of drug-likeness (QED) is 0.123. The molecule has 0 aliphatic carbocycles. The minimum atomic E-state index is -3.53. The lowest BCUT2D eigenvalue weighted by Crippen LogP contribution is -2.67. The second-order valence-corrected chi connectivity index (χ2v) is 8.70. The molecule has 176 valence electrons. The van der Waals surface area contributed by atoms with Gasteiger partial charge in [-0.1, -0.05) is 0 Å². The first kappa shape index (κ1) is 24.6. The van der Waals surface area contributed by atoms with E-state index in [0.717, 1.165) is 24.0 Å². The number of phenolic OH excluding ortho intramolecular Hbond substituents is 2. The fourth-order valence-corrected chi connectivity index (χ4v) is 3.66. The molecule has 1 aliphatic rings. The van der Waals surface area contributed by atoms with Gasteiger partial charge in [0.2, 0.25) is 5.91 Å². The molecule has 0 saturated carbocycles. The number of thiol groups is 1. The van der Waals surface area contributed by atoms with Crippen LogP contribution in [-0.4, -0.2) is 76.0 Å². The number of nitrogens with zero attached hydrogens (tertiary/aromatic N) is 1. The molecule has 1 aliphatic heterocycles. The molecule has 0 unspecified atom stereocenters. The molecule has 1 heterocycles. The number of ether oxygens (including phenoxy) is 1. The van der Waals surface area contributed by atoms with Crippen LogP contribution < -0.4 is 10.9 Å². The van der Waals surface area contributed by atoms with Gasteiger partial charge in [0.25, 0.3) is 5.91 Å². The third kappa shape index (κ3) is 4.66. The highest BCUT2D eigenvalue weighted by molar-refractivity contribution is 7.74. The van der Waals surface area contributed by atoms with Crippen LogP contribution in [0.5, 0.6) is 11.5 Å². The van der Waals surface area contributed by atoms with Gasteiger partial charge >= 0.3 is 12.1 Å². The molecule has 3 atom stereocenters. The number of β-lactam (4-membered cyclic amide) rings is 1. The Morgan fingerprint density at radius 1 is 1.31 bits per heavy atom. The first-order chi connectivity index (χ1) is 14.8. The molecule has 5 N–H and O–H groups in total. The minimum absolute atomic E-state index is 0.0340. The Bertz CT molecular complexity index is 1040. The molecule has 15 heteroatoms. The van der Waals surface area contributed by atoms with Crippen molar-refractivity contribution in [3.05, 3.63) is 23.5 Å². The SMILES string of the molecule is C[C@@H]1CC(=O)N1[C@@H](C(=O)O)[C@](C)(COC(=O)NNC(=O)c1ccc(O)c(O)c1F)[SH](=O)=O. The van der Waals surface area contributed by atoms with Crippen LogP contribution in [0.15, 0.2) is 12.1 Å². The Hall–Kier alpha value is -3.62. The van der Waals surface area contributed by atoms with E-state index in [4.69, 9.17) is 9.84 Å². The van der Waals surface area contributed by atoms with Gasteiger partial charge in [0.15, 0.2) is 34.1 Å².